The summed E-state index contributed by atoms with van der Waals surface area (Å²) in [5.41, 5.74) is 0. The number of rotatable bonds is 7. The van der Waals surface area contributed by atoms with E-state index in [0.717, 1.165) is 0 Å². The minimum Gasteiger partial charge on any atom is -0.354 e. The van der Waals surface area contributed by atoms with Crippen LogP contribution in [-0.4, -0.2) is 32.0 Å². The molecular formula is C14H17N5O. The molecule has 0 saturated carbocycles. The highest BCUT2D eigenvalue weighted by atomic mass is 16.1. The number of nitrogens with zero attached hydrogens (tertiary/aromatic N) is 4. The van der Waals surface area contributed by atoms with Crippen molar-refractivity contribution in [3.63, 3.8) is 0 Å². The number of carbonyl (C=O) groups excluding carboxylic acids is 1. The third kappa shape index (κ3) is 3.74. The molecule has 0 aromatic carbocycles. The van der Waals surface area contributed by atoms with Gasteiger partial charge in [0.25, 0.3) is 0 Å². The van der Waals surface area contributed by atoms with E-state index in [9.17, 15) is 4.79 Å². The summed E-state index contributed by atoms with van der Waals surface area (Å²) in [4.78, 5) is 24.1. The number of imidazole rings is 1. The van der Waals surface area contributed by atoms with Crippen LogP contribution in [0.25, 0.3) is 11.6 Å². The van der Waals surface area contributed by atoms with Crippen molar-refractivity contribution in [1.82, 2.24) is 24.8 Å². The van der Waals surface area contributed by atoms with E-state index in [0.29, 0.717) is 37.6 Å². The van der Waals surface area contributed by atoms with E-state index in [1.54, 1.807) is 30.7 Å². The molecule has 2 rings (SSSR count). The predicted molar refractivity (Wildman–Crippen MR) is 75.7 cm³/mol. The highest BCUT2D eigenvalue weighted by molar-refractivity contribution is 5.75. The van der Waals surface area contributed by atoms with E-state index >= 15 is 0 Å². The molecule has 1 N–H and O–H groups in total. The van der Waals surface area contributed by atoms with Crippen LogP contribution in [0.5, 0.6) is 0 Å². The Balaban J connectivity index is 1.90. The molecule has 0 bridgehead atoms. The van der Waals surface area contributed by atoms with Gasteiger partial charge in [0.2, 0.25) is 5.91 Å². The smallest absolute Gasteiger partial charge is 0.220 e. The average Bonchev–Trinajstić information content (AvgIpc) is 2.94. The van der Waals surface area contributed by atoms with E-state index < -0.39 is 0 Å². The first-order chi connectivity index (χ1) is 9.81. The van der Waals surface area contributed by atoms with Crippen LogP contribution < -0.4 is 5.32 Å². The number of nitrogens with one attached hydrogen (secondary N) is 1. The number of aromatic nitrogens is 4. The summed E-state index contributed by atoms with van der Waals surface area (Å²) in [7, 11) is 0. The second-order valence-corrected chi connectivity index (χ2v) is 4.19. The quantitative estimate of drug-likeness (QED) is 0.773. The first-order valence-electron chi connectivity index (χ1n) is 6.47. The number of hydrogen-bond donors (Lipinski definition) is 1. The first kappa shape index (κ1) is 13.9. The largest absolute Gasteiger partial charge is 0.354 e. The first-order valence-corrected chi connectivity index (χ1v) is 6.47. The Labute approximate surface area is 117 Å². The Kier molecular flexibility index (Phi) is 5.00. The molecule has 6 nitrogen and oxygen atoms in total. The van der Waals surface area contributed by atoms with E-state index in [4.69, 9.17) is 0 Å². The molecular weight excluding hydrogens is 254 g/mol. The third-order valence-corrected chi connectivity index (χ3v) is 2.73. The van der Waals surface area contributed by atoms with E-state index in [2.05, 4.69) is 26.8 Å². The number of allylic oxidation sites excluding steroid dienone is 1. The Morgan fingerprint density at radius 3 is 2.85 bits per heavy atom. The molecule has 104 valence electrons. The highest BCUT2D eigenvalue weighted by Crippen LogP contribution is 2.10. The molecule has 0 spiro atoms. The van der Waals surface area contributed by atoms with Gasteiger partial charge < -0.3 is 9.88 Å². The normalized spacial score (nSPS) is 10.2. The van der Waals surface area contributed by atoms with Gasteiger partial charge in [0, 0.05) is 44.3 Å². The van der Waals surface area contributed by atoms with Gasteiger partial charge in [-0.2, -0.15) is 0 Å². The molecule has 2 aromatic rings. The van der Waals surface area contributed by atoms with Crippen molar-refractivity contribution < 1.29 is 4.79 Å². The van der Waals surface area contributed by atoms with Crippen molar-refractivity contribution in [2.24, 2.45) is 0 Å². The molecule has 0 atom stereocenters. The van der Waals surface area contributed by atoms with Crippen molar-refractivity contribution in [3.8, 4) is 11.6 Å². The molecule has 6 heteroatoms. The monoisotopic (exact) mass is 271 g/mol. The van der Waals surface area contributed by atoms with Gasteiger partial charge in [0.05, 0.1) is 0 Å². The zero-order valence-corrected chi connectivity index (χ0v) is 11.2. The fourth-order valence-corrected chi connectivity index (χ4v) is 1.75. The Hall–Kier alpha value is -2.50. The lowest BCUT2D eigenvalue weighted by Crippen LogP contribution is -2.26. The summed E-state index contributed by atoms with van der Waals surface area (Å²) in [6.45, 7) is 4.77. The van der Waals surface area contributed by atoms with Gasteiger partial charge in [-0.3, -0.25) is 4.79 Å². The Morgan fingerprint density at radius 1 is 1.30 bits per heavy atom. The molecule has 0 aliphatic rings. The van der Waals surface area contributed by atoms with Gasteiger partial charge in [-0.25, -0.2) is 15.0 Å². The van der Waals surface area contributed by atoms with Crippen molar-refractivity contribution in [2.75, 3.05) is 6.54 Å². The molecule has 0 saturated heterocycles. The van der Waals surface area contributed by atoms with Crippen LogP contribution in [0.3, 0.4) is 0 Å². The SMILES string of the molecule is C=CCCC(=O)NCCn1ccnc1-c1ncccn1. The zero-order chi connectivity index (χ0) is 14.2. The minimum absolute atomic E-state index is 0.0301. The van der Waals surface area contributed by atoms with Crippen LogP contribution in [0.2, 0.25) is 0 Å². The minimum atomic E-state index is 0.0301. The maximum absolute atomic E-state index is 11.5. The molecule has 0 unspecified atom stereocenters. The van der Waals surface area contributed by atoms with E-state index in [1.165, 1.54) is 0 Å². The van der Waals surface area contributed by atoms with Crippen molar-refractivity contribution in [3.05, 3.63) is 43.5 Å². The molecule has 0 fully saturated rings. The maximum Gasteiger partial charge on any atom is 0.220 e. The molecule has 1 amide bonds. The van der Waals surface area contributed by atoms with Crippen LogP contribution >= 0.6 is 0 Å². The van der Waals surface area contributed by atoms with E-state index in [-0.39, 0.29) is 5.91 Å². The fourth-order valence-electron chi connectivity index (χ4n) is 1.75. The van der Waals surface area contributed by atoms with Crippen LogP contribution in [0.4, 0.5) is 0 Å². The summed E-state index contributed by atoms with van der Waals surface area (Å²) >= 11 is 0. The summed E-state index contributed by atoms with van der Waals surface area (Å²) < 4.78 is 1.92. The van der Waals surface area contributed by atoms with Gasteiger partial charge in [-0.05, 0) is 12.5 Å². The second-order valence-electron chi connectivity index (χ2n) is 4.19. The molecule has 2 aromatic heterocycles. The second kappa shape index (κ2) is 7.18. The van der Waals surface area contributed by atoms with Crippen LogP contribution in [0.1, 0.15) is 12.8 Å². The predicted octanol–water partition coefficient (Wildman–Crippen LogP) is 1.42. The summed E-state index contributed by atoms with van der Waals surface area (Å²) in [5, 5.41) is 2.86. The van der Waals surface area contributed by atoms with Crippen molar-refractivity contribution in [1.29, 1.82) is 0 Å². The lowest BCUT2D eigenvalue weighted by molar-refractivity contribution is -0.121. The molecule has 20 heavy (non-hydrogen) atoms. The number of amides is 1. The van der Waals surface area contributed by atoms with Crippen LogP contribution in [-0.2, 0) is 11.3 Å². The maximum atomic E-state index is 11.5. The molecule has 0 aliphatic heterocycles. The van der Waals surface area contributed by atoms with Crippen LogP contribution in [0, 0.1) is 0 Å². The van der Waals surface area contributed by atoms with Crippen molar-refractivity contribution >= 4 is 5.91 Å². The Morgan fingerprint density at radius 2 is 2.10 bits per heavy atom. The lowest BCUT2D eigenvalue weighted by Gasteiger charge is -2.08. The average molecular weight is 271 g/mol. The molecule has 2 heterocycles. The standard InChI is InChI=1S/C14H17N5O/c1-2-3-5-12(20)15-8-10-19-11-9-18-14(19)13-16-6-4-7-17-13/h2,4,6-7,9,11H,1,3,5,8,10H2,(H,15,20). The Bertz CT molecular complexity index is 564. The van der Waals surface area contributed by atoms with Crippen LogP contribution in [0.15, 0.2) is 43.5 Å². The topological polar surface area (TPSA) is 72.7 Å². The van der Waals surface area contributed by atoms with E-state index in [1.807, 2.05) is 10.8 Å². The summed E-state index contributed by atoms with van der Waals surface area (Å²) in [5.74, 6) is 1.31. The van der Waals surface area contributed by atoms with Gasteiger partial charge in [0.15, 0.2) is 11.6 Å². The summed E-state index contributed by atoms with van der Waals surface area (Å²) in [6.07, 6.45) is 9.81. The fraction of sp³-hybridized carbons (Fsp3) is 0.286. The van der Waals surface area contributed by atoms with Gasteiger partial charge in [-0.15, -0.1) is 6.58 Å². The molecule has 0 aliphatic carbocycles. The number of carbonyl (C=O) groups is 1. The zero-order valence-electron chi connectivity index (χ0n) is 11.2. The lowest BCUT2D eigenvalue weighted by atomic mass is 10.3. The van der Waals surface area contributed by atoms with Gasteiger partial charge >= 0.3 is 0 Å². The third-order valence-electron chi connectivity index (χ3n) is 2.73. The number of hydrogen-bond acceptors (Lipinski definition) is 4. The van der Waals surface area contributed by atoms with Crippen molar-refractivity contribution in [2.45, 2.75) is 19.4 Å². The summed E-state index contributed by atoms with van der Waals surface area (Å²) in [6, 6.07) is 1.76. The van der Waals surface area contributed by atoms with Gasteiger partial charge in [-0.1, -0.05) is 6.08 Å². The highest BCUT2D eigenvalue weighted by Gasteiger charge is 2.08. The van der Waals surface area contributed by atoms with Gasteiger partial charge in [0.1, 0.15) is 0 Å². The molecule has 0 radical (unpaired) electrons.